The van der Waals surface area contributed by atoms with Crippen LogP contribution in [0.3, 0.4) is 0 Å². The highest BCUT2D eigenvalue weighted by Crippen LogP contribution is 2.14. The highest BCUT2D eigenvalue weighted by Gasteiger charge is 2.06. The van der Waals surface area contributed by atoms with E-state index in [1.165, 1.54) is 10.6 Å². The molecule has 2 rings (SSSR count). The summed E-state index contributed by atoms with van der Waals surface area (Å²) >= 11 is 1.54. The fraction of sp³-hybridized carbons (Fsp3) is 0.375. The van der Waals surface area contributed by atoms with E-state index in [2.05, 4.69) is 22.0 Å². The molecule has 0 fully saturated rings. The molecule has 15 heavy (non-hydrogen) atoms. The van der Waals surface area contributed by atoms with E-state index in [1.807, 2.05) is 0 Å². The molecule has 2 heterocycles. The summed E-state index contributed by atoms with van der Waals surface area (Å²) < 4.78 is 1.43. The molecule has 0 unspecified atom stereocenters. The Balaban J connectivity index is 2.46. The molecule has 0 bridgehead atoms. The zero-order chi connectivity index (χ0) is 10.8. The fourth-order valence-electron chi connectivity index (χ4n) is 1.15. The van der Waals surface area contributed by atoms with Crippen molar-refractivity contribution in [1.82, 2.24) is 19.6 Å². The maximum Gasteiger partial charge on any atom is 0.254 e. The van der Waals surface area contributed by atoms with Crippen LogP contribution in [-0.2, 0) is 0 Å². The highest BCUT2D eigenvalue weighted by molar-refractivity contribution is 7.99. The molecule has 0 saturated heterocycles. The number of anilines is 1. The van der Waals surface area contributed by atoms with Gasteiger partial charge in [-0.05, 0) is 6.42 Å². The lowest BCUT2D eigenvalue weighted by molar-refractivity contribution is 0.884. The zero-order valence-electron chi connectivity index (χ0n) is 8.23. The Morgan fingerprint density at radius 3 is 3.20 bits per heavy atom. The van der Waals surface area contributed by atoms with Crippen molar-refractivity contribution in [2.45, 2.75) is 18.5 Å². The van der Waals surface area contributed by atoms with Crippen molar-refractivity contribution < 1.29 is 0 Å². The van der Waals surface area contributed by atoms with E-state index >= 15 is 0 Å². The average molecular weight is 225 g/mol. The summed E-state index contributed by atoms with van der Waals surface area (Å²) in [5.74, 6) is 1.63. The van der Waals surface area contributed by atoms with Gasteiger partial charge in [-0.2, -0.15) is 9.50 Å². The Bertz CT molecular complexity index is 531. The number of hydrogen-bond donors (Lipinski definition) is 2. The topological polar surface area (TPSA) is 89.1 Å². The van der Waals surface area contributed by atoms with Gasteiger partial charge in [0, 0.05) is 11.8 Å². The number of fused-ring (bicyclic) bond motifs is 1. The summed E-state index contributed by atoms with van der Waals surface area (Å²) in [6, 6.07) is 1.29. The second kappa shape index (κ2) is 3.93. The van der Waals surface area contributed by atoms with Crippen LogP contribution in [0.4, 0.5) is 5.82 Å². The molecule has 0 spiro atoms. The maximum absolute atomic E-state index is 11.1. The molecule has 0 atom stereocenters. The molecule has 2 aromatic heterocycles. The lowest BCUT2D eigenvalue weighted by atomic mass is 10.6. The number of hydrogen-bond acceptors (Lipinski definition) is 5. The number of nitrogens with one attached hydrogen (secondary N) is 1. The lowest BCUT2D eigenvalue weighted by Gasteiger charge is -1.93. The Hall–Kier alpha value is -1.50. The molecule has 0 amide bonds. The predicted molar refractivity (Wildman–Crippen MR) is 59.0 cm³/mol. The molecular weight excluding hydrogens is 214 g/mol. The van der Waals surface area contributed by atoms with E-state index in [0.29, 0.717) is 16.8 Å². The van der Waals surface area contributed by atoms with E-state index in [0.717, 1.165) is 12.2 Å². The molecule has 7 heteroatoms. The molecule has 0 aliphatic heterocycles. The third kappa shape index (κ3) is 1.96. The van der Waals surface area contributed by atoms with Gasteiger partial charge in [0.1, 0.15) is 5.82 Å². The molecular formula is C8H11N5OS. The third-order valence-corrected chi connectivity index (χ3v) is 2.83. The van der Waals surface area contributed by atoms with Crippen LogP contribution in [0.15, 0.2) is 16.0 Å². The van der Waals surface area contributed by atoms with Crippen LogP contribution in [0.5, 0.6) is 0 Å². The first kappa shape index (κ1) is 10.0. The van der Waals surface area contributed by atoms with Crippen LogP contribution >= 0.6 is 11.8 Å². The number of nitrogen functional groups attached to an aromatic ring is 1. The fourth-order valence-corrected chi connectivity index (χ4v) is 1.83. The van der Waals surface area contributed by atoms with Crippen molar-refractivity contribution in [2.75, 3.05) is 11.5 Å². The number of aromatic nitrogens is 4. The summed E-state index contributed by atoms with van der Waals surface area (Å²) in [6.45, 7) is 2.08. The number of H-pyrrole nitrogens is 1. The molecule has 2 aromatic rings. The second-order valence-corrected chi connectivity index (χ2v) is 4.10. The minimum atomic E-state index is -0.264. The van der Waals surface area contributed by atoms with Gasteiger partial charge in [-0.1, -0.05) is 18.7 Å². The Labute approximate surface area is 89.9 Å². The average Bonchev–Trinajstić information content (AvgIpc) is 2.57. The Kier molecular flexibility index (Phi) is 2.63. The normalized spacial score (nSPS) is 11.0. The zero-order valence-corrected chi connectivity index (χ0v) is 9.04. The smallest absolute Gasteiger partial charge is 0.254 e. The van der Waals surface area contributed by atoms with E-state index in [1.54, 1.807) is 11.8 Å². The van der Waals surface area contributed by atoms with Gasteiger partial charge in [-0.3, -0.25) is 9.78 Å². The minimum Gasteiger partial charge on any atom is -0.383 e. The van der Waals surface area contributed by atoms with E-state index in [4.69, 9.17) is 5.73 Å². The Morgan fingerprint density at radius 2 is 2.47 bits per heavy atom. The summed E-state index contributed by atoms with van der Waals surface area (Å²) in [5.41, 5.74) is 5.37. The molecule has 3 N–H and O–H groups in total. The van der Waals surface area contributed by atoms with Crippen molar-refractivity contribution >= 4 is 23.4 Å². The second-order valence-electron chi connectivity index (χ2n) is 3.04. The van der Waals surface area contributed by atoms with Crippen molar-refractivity contribution in [3.63, 3.8) is 0 Å². The summed E-state index contributed by atoms with van der Waals surface area (Å²) in [4.78, 5) is 17.8. The first-order valence-corrected chi connectivity index (χ1v) is 5.57. The molecule has 0 saturated carbocycles. The van der Waals surface area contributed by atoms with Crippen molar-refractivity contribution in [3.8, 4) is 0 Å². The first-order chi connectivity index (χ1) is 7.20. The van der Waals surface area contributed by atoms with E-state index < -0.39 is 0 Å². The van der Waals surface area contributed by atoms with Crippen LogP contribution < -0.4 is 11.3 Å². The Morgan fingerprint density at radius 1 is 1.67 bits per heavy atom. The molecule has 0 aliphatic carbocycles. The number of nitrogens with two attached hydrogens (primary N) is 1. The number of nitrogens with zero attached hydrogens (tertiary/aromatic N) is 3. The summed E-state index contributed by atoms with van der Waals surface area (Å²) in [6.07, 6.45) is 1.05. The first-order valence-electron chi connectivity index (χ1n) is 4.59. The third-order valence-electron chi connectivity index (χ3n) is 1.78. The van der Waals surface area contributed by atoms with Crippen LogP contribution in [-0.4, -0.2) is 25.3 Å². The van der Waals surface area contributed by atoms with Crippen LogP contribution in [0.25, 0.3) is 5.78 Å². The van der Waals surface area contributed by atoms with Gasteiger partial charge >= 0.3 is 0 Å². The monoisotopic (exact) mass is 225 g/mol. The number of rotatable bonds is 3. The SMILES string of the molecule is CCCSc1nc2[nH]c(=O)cc(N)n2n1. The quantitative estimate of drug-likeness (QED) is 0.742. The van der Waals surface area contributed by atoms with Crippen LogP contribution in [0.2, 0.25) is 0 Å². The standard InChI is InChI=1S/C8H11N5OS/c1-2-3-15-8-11-7-10-6(14)4-5(9)13(7)12-8/h4H,2-3,9H2,1H3,(H,10,11,12,14). The van der Waals surface area contributed by atoms with Gasteiger partial charge in [-0.15, -0.1) is 5.10 Å². The molecule has 0 radical (unpaired) electrons. The molecule has 0 aliphatic rings. The molecule has 0 aromatic carbocycles. The van der Waals surface area contributed by atoms with E-state index in [9.17, 15) is 4.79 Å². The van der Waals surface area contributed by atoms with Crippen LogP contribution in [0.1, 0.15) is 13.3 Å². The van der Waals surface area contributed by atoms with Gasteiger partial charge in [-0.25, -0.2) is 0 Å². The molecule has 80 valence electrons. The predicted octanol–water partition coefficient (Wildman–Crippen LogP) is 0.502. The molecule has 6 nitrogen and oxygen atoms in total. The summed E-state index contributed by atoms with van der Waals surface area (Å²) in [5, 5.41) is 4.79. The van der Waals surface area contributed by atoms with Crippen molar-refractivity contribution in [1.29, 1.82) is 0 Å². The van der Waals surface area contributed by atoms with Crippen molar-refractivity contribution in [3.05, 3.63) is 16.4 Å². The minimum absolute atomic E-state index is 0.264. The largest absolute Gasteiger partial charge is 0.383 e. The number of thioether (sulfide) groups is 1. The highest BCUT2D eigenvalue weighted by atomic mass is 32.2. The van der Waals surface area contributed by atoms with Gasteiger partial charge < -0.3 is 5.73 Å². The number of aromatic amines is 1. The lowest BCUT2D eigenvalue weighted by Crippen LogP contribution is -2.11. The van der Waals surface area contributed by atoms with Gasteiger partial charge in [0.15, 0.2) is 0 Å². The van der Waals surface area contributed by atoms with Gasteiger partial charge in [0.25, 0.3) is 5.56 Å². The summed E-state index contributed by atoms with van der Waals surface area (Å²) in [7, 11) is 0. The maximum atomic E-state index is 11.1. The van der Waals surface area contributed by atoms with Gasteiger partial charge in [0.05, 0.1) is 0 Å². The van der Waals surface area contributed by atoms with Crippen LogP contribution in [0, 0.1) is 0 Å². The van der Waals surface area contributed by atoms with E-state index in [-0.39, 0.29) is 5.56 Å². The van der Waals surface area contributed by atoms with Gasteiger partial charge in [0.2, 0.25) is 10.9 Å². The van der Waals surface area contributed by atoms with Crippen molar-refractivity contribution in [2.24, 2.45) is 0 Å².